The molecule has 0 bridgehead atoms. The van der Waals surface area contributed by atoms with Gasteiger partial charge in [-0.25, -0.2) is 4.79 Å². The van der Waals surface area contributed by atoms with Crippen LogP contribution >= 0.6 is 0 Å². The maximum atomic E-state index is 12.9. The third-order valence-corrected chi connectivity index (χ3v) is 8.37. The standard InChI is InChI=1S/C35H48N10O15/c1-16(41-32(56)20(36)9-18-11-37-21-6-4-3-5-19(18)21)30(54)39-12-25(47)38-13-26(48)44-23(10-29(52)53)34(58)42-17(2)31(55)45-24(15-46)33(57)40-14-27(49)43-22(35(59)60)7-8-28(50)51/h3-6,11,16-17,20,22-24,37,46H,7-10,12-15,36H2,1-2H3,(H,38,47)(H,39,54)(H,40,57)(H,41,56)(H,42,58)(H,43,49)(H,44,48)(H,45,55)(H,50,51)(H,52,53)(H,59,60)/t16-,17-,20-,22-,23-,24-/m0/s1. The summed E-state index contributed by atoms with van der Waals surface area (Å²) in [5.41, 5.74) is 7.70. The summed E-state index contributed by atoms with van der Waals surface area (Å²) < 4.78 is 0. The number of para-hydroxylation sites is 1. The molecule has 328 valence electrons. The summed E-state index contributed by atoms with van der Waals surface area (Å²) in [6.07, 6.45) is -0.0949. The third-order valence-electron chi connectivity index (χ3n) is 8.37. The van der Waals surface area contributed by atoms with Gasteiger partial charge in [-0.15, -0.1) is 0 Å². The SMILES string of the molecule is C[C@H](NC(=O)[C@H](CC(=O)O)NC(=O)CNC(=O)CNC(=O)[C@H](C)NC(=O)[C@@H](N)Cc1c[nH]c2ccccc12)C(=O)N[C@@H](CO)C(=O)NCC(=O)N[C@@H](CCC(=O)O)C(=O)O. The molecule has 0 saturated heterocycles. The number of hydrogen-bond acceptors (Lipinski definition) is 13. The van der Waals surface area contributed by atoms with Crippen LogP contribution in [0, 0.1) is 0 Å². The molecule has 25 heteroatoms. The number of carboxylic acid groups (broad SMARTS) is 3. The molecule has 1 aromatic carbocycles. The van der Waals surface area contributed by atoms with Crippen LogP contribution < -0.4 is 48.3 Å². The van der Waals surface area contributed by atoms with Crippen LogP contribution in [-0.4, -0.2) is 153 Å². The van der Waals surface area contributed by atoms with Gasteiger partial charge in [-0.3, -0.25) is 47.9 Å². The number of benzene rings is 1. The van der Waals surface area contributed by atoms with E-state index in [1.165, 1.54) is 6.92 Å². The molecule has 0 saturated carbocycles. The number of carboxylic acids is 3. The van der Waals surface area contributed by atoms with Gasteiger partial charge in [0, 0.05) is 23.5 Å². The number of nitrogens with one attached hydrogen (secondary N) is 9. The lowest BCUT2D eigenvalue weighted by Gasteiger charge is -2.22. The second-order valence-corrected chi connectivity index (χ2v) is 13.2. The van der Waals surface area contributed by atoms with Gasteiger partial charge in [0.25, 0.3) is 0 Å². The molecule has 0 radical (unpaired) electrons. The van der Waals surface area contributed by atoms with Crippen molar-refractivity contribution in [2.45, 2.75) is 75.8 Å². The van der Waals surface area contributed by atoms with Gasteiger partial charge in [0.1, 0.15) is 30.2 Å². The first kappa shape index (κ1) is 49.0. The van der Waals surface area contributed by atoms with Crippen molar-refractivity contribution in [1.29, 1.82) is 0 Å². The molecule has 0 aliphatic rings. The minimum Gasteiger partial charge on any atom is -0.481 e. The molecule has 0 aliphatic carbocycles. The predicted molar refractivity (Wildman–Crippen MR) is 204 cm³/mol. The van der Waals surface area contributed by atoms with Crippen LogP contribution in [0.5, 0.6) is 0 Å². The van der Waals surface area contributed by atoms with Gasteiger partial charge in [0.15, 0.2) is 0 Å². The third kappa shape index (κ3) is 16.8. The first-order valence-corrected chi connectivity index (χ1v) is 18.1. The van der Waals surface area contributed by atoms with Crippen LogP contribution in [0.25, 0.3) is 10.9 Å². The smallest absolute Gasteiger partial charge is 0.326 e. The number of nitrogens with two attached hydrogens (primary N) is 1. The Labute approximate surface area is 340 Å². The molecule has 0 aliphatic heterocycles. The zero-order valence-electron chi connectivity index (χ0n) is 32.4. The molecule has 1 aromatic heterocycles. The first-order chi connectivity index (χ1) is 28.2. The van der Waals surface area contributed by atoms with Crippen molar-refractivity contribution >= 4 is 76.1 Å². The van der Waals surface area contributed by atoms with E-state index >= 15 is 0 Å². The van der Waals surface area contributed by atoms with Gasteiger partial charge in [-0.05, 0) is 38.3 Å². The van der Waals surface area contributed by atoms with E-state index in [-0.39, 0.29) is 6.42 Å². The molecule has 0 spiro atoms. The lowest BCUT2D eigenvalue weighted by atomic mass is 10.0. The van der Waals surface area contributed by atoms with Crippen LogP contribution in [0.3, 0.4) is 0 Å². The number of hydrogen-bond donors (Lipinski definition) is 14. The molecule has 1 heterocycles. The number of carbonyl (C=O) groups excluding carboxylic acids is 8. The minimum atomic E-state index is -1.78. The normalized spacial score (nSPS) is 13.7. The van der Waals surface area contributed by atoms with E-state index in [0.29, 0.717) is 0 Å². The average Bonchev–Trinajstić information content (AvgIpc) is 3.60. The van der Waals surface area contributed by atoms with Gasteiger partial charge in [-0.1, -0.05) is 18.2 Å². The van der Waals surface area contributed by atoms with E-state index in [1.807, 2.05) is 34.9 Å². The van der Waals surface area contributed by atoms with Gasteiger partial charge >= 0.3 is 17.9 Å². The molecule has 25 nitrogen and oxygen atoms in total. The van der Waals surface area contributed by atoms with E-state index in [1.54, 1.807) is 6.20 Å². The van der Waals surface area contributed by atoms with Crippen LogP contribution in [0.4, 0.5) is 0 Å². The van der Waals surface area contributed by atoms with Crippen molar-refractivity contribution in [2.24, 2.45) is 5.73 Å². The fourth-order valence-electron chi connectivity index (χ4n) is 5.14. The molecular formula is C35H48N10O15. The number of carbonyl (C=O) groups is 11. The summed E-state index contributed by atoms with van der Waals surface area (Å²) in [6, 6.07) is -1.25. The number of fused-ring (bicyclic) bond motifs is 1. The Hall–Kier alpha value is -7.15. The van der Waals surface area contributed by atoms with Gasteiger partial charge in [0.05, 0.1) is 38.7 Å². The molecular weight excluding hydrogens is 800 g/mol. The lowest BCUT2D eigenvalue weighted by Crippen LogP contribution is -2.58. The lowest BCUT2D eigenvalue weighted by molar-refractivity contribution is -0.143. The molecule has 15 N–H and O–H groups in total. The largest absolute Gasteiger partial charge is 0.481 e. The van der Waals surface area contributed by atoms with Gasteiger partial charge in [-0.2, -0.15) is 0 Å². The van der Waals surface area contributed by atoms with E-state index in [9.17, 15) is 63.0 Å². The number of aromatic amines is 1. The van der Waals surface area contributed by atoms with Crippen LogP contribution in [0.1, 0.15) is 38.7 Å². The fourth-order valence-corrected chi connectivity index (χ4v) is 5.14. The monoisotopic (exact) mass is 848 g/mol. The maximum absolute atomic E-state index is 12.9. The number of aliphatic hydroxyl groups is 1. The van der Waals surface area contributed by atoms with E-state index in [4.69, 9.17) is 15.9 Å². The van der Waals surface area contributed by atoms with Crippen molar-refractivity contribution in [3.63, 3.8) is 0 Å². The van der Waals surface area contributed by atoms with E-state index in [2.05, 4.69) is 36.9 Å². The summed E-state index contributed by atoms with van der Waals surface area (Å²) in [6.45, 7) is -0.802. The van der Waals surface area contributed by atoms with Crippen LogP contribution in [0.15, 0.2) is 30.5 Å². The molecule has 2 rings (SSSR count). The van der Waals surface area contributed by atoms with Gasteiger partial charge < -0.3 is 73.7 Å². The topological polar surface area (TPSA) is 407 Å². The molecule has 0 unspecified atom stereocenters. The Morgan fingerprint density at radius 3 is 1.82 bits per heavy atom. The highest BCUT2D eigenvalue weighted by atomic mass is 16.4. The predicted octanol–water partition coefficient (Wildman–Crippen LogP) is -5.73. The Morgan fingerprint density at radius 1 is 0.633 bits per heavy atom. The van der Waals surface area contributed by atoms with Crippen molar-refractivity contribution < 1.29 is 73.2 Å². The Bertz CT molecular complexity index is 1940. The van der Waals surface area contributed by atoms with Crippen LogP contribution in [-0.2, 0) is 59.2 Å². The highest BCUT2D eigenvalue weighted by molar-refractivity contribution is 5.97. The fraction of sp³-hybridized carbons (Fsp3) is 0.457. The molecule has 0 fully saturated rings. The van der Waals surface area contributed by atoms with Crippen molar-refractivity contribution in [2.75, 3.05) is 26.2 Å². The number of amides is 8. The minimum absolute atomic E-state index is 0.177. The quantitative estimate of drug-likeness (QED) is 0.0443. The average molecular weight is 849 g/mol. The van der Waals surface area contributed by atoms with Crippen LogP contribution in [0.2, 0.25) is 0 Å². The molecule has 8 amide bonds. The highest BCUT2D eigenvalue weighted by Gasteiger charge is 2.29. The summed E-state index contributed by atoms with van der Waals surface area (Å²) in [5.74, 6) is -12.1. The Morgan fingerprint density at radius 2 is 1.20 bits per heavy atom. The maximum Gasteiger partial charge on any atom is 0.326 e. The van der Waals surface area contributed by atoms with Crippen molar-refractivity contribution in [3.8, 4) is 0 Å². The summed E-state index contributed by atoms with van der Waals surface area (Å²) >= 11 is 0. The molecule has 60 heavy (non-hydrogen) atoms. The summed E-state index contributed by atoms with van der Waals surface area (Å²) in [7, 11) is 0. The Balaban J connectivity index is 1.80. The number of aromatic nitrogens is 1. The van der Waals surface area contributed by atoms with Crippen molar-refractivity contribution in [1.82, 2.24) is 47.5 Å². The second-order valence-electron chi connectivity index (χ2n) is 13.2. The van der Waals surface area contributed by atoms with Gasteiger partial charge in [0.2, 0.25) is 47.3 Å². The molecule has 2 aromatic rings. The number of rotatable bonds is 25. The zero-order chi connectivity index (χ0) is 45.1. The highest BCUT2D eigenvalue weighted by Crippen LogP contribution is 2.18. The molecule has 6 atom stereocenters. The Kier molecular flexibility index (Phi) is 19.5. The van der Waals surface area contributed by atoms with E-state index in [0.717, 1.165) is 23.4 Å². The number of aliphatic carboxylic acids is 3. The van der Waals surface area contributed by atoms with Crippen molar-refractivity contribution in [3.05, 3.63) is 36.0 Å². The first-order valence-electron chi connectivity index (χ1n) is 18.1. The number of H-pyrrole nitrogens is 1. The van der Waals surface area contributed by atoms with E-state index < -0.39 is 147 Å². The summed E-state index contributed by atoms with van der Waals surface area (Å²) in [4.78, 5) is 137. The number of aliphatic hydroxyl groups excluding tert-OH is 1. The second kappa shape index (κ2) is 23.9. The zero-order valence-corrected chi connectivity index (χ0v) is 32.4. The summed E-state index contributed by atoms with van der Waals surface area (Å²) in [5, 5.41) is 54.9.